The van der Waals surface area contributed by atoms with Crippen molar-refractivity contribution in [2.75, 3.05) is 0 Å². The molecule has 2 rings (SSSR count). The van der Waals surface area contributed by atoms with Gasteiger partial charge in [-0.25, -0.2) is 4.79 Å². The number of alkyl halides is 3. The first-order chi connectivity index (χ1) is 9.30. The molecule has 20 heavy (non-hydrogen) atoms. The summed E-state index contributed by atoms with van der Waals surface area (Å²) in [5.74, 6) is -1.25. The van der Waals surface area contributed by atoms with Gasteiger partial charge < -0.3 is 5.11 Å². The maximum atomic E-state index is 12.7. The monoisotopic (exact) mass is 300 g/mol. The van der Waals surface area contributed by atoms with Crippen LogP contribution in [0, 0.1) is 0 Å². The van der Waals surface area contributed by atoms with Crippen molar-refractivity contribution in [2.24, 2.45) is 0 Å². The van der Waals surface area contributed by atoms with Crippen molar-refractivity contribution < 1.29 is 23.1 Å². The van der Waals surface area contributed by atoms with E-state index in [-0.39, 0.29) is 21.7 Å². The molecule has 0 aromatic heterocycles. The number of halogens is 4. The third-order valence-electron chi connectivity index (χ3n) is 2.72. The Labute approximate surface area is 117 Å². The molecule has 1 N–H and O–H groups in total. The molecule has 0 heterocycles. The summed E-state index contributed by atoms with van der Waals surface area (Å²) in [5.41, 5.74) is -0.807. The molecule has 0 saturated heterocycles. The van der Waals surface area contributed by atoms with Gasteiger partial charge in [0.15, 0.2) is 0 Å². The molecular formula is C14H8ClF3O2. The minimum atomic E-state index is -4.50. The van der Waals surface area contributed by atoms with Crippen molar-refractivity contribution in [3.8, 4) is 11.1 Å². The van der Waals surface area contributed by atoms with Crippen LogP contribution in [0.15, 0.2) is 42.5 Å². The highest BCUT2D eigenvalue weighted by Crippen LogP contribution is 2.36. The quantitative estimate of drug-likeness (QED) is 0.871. The van der Waals surface area contributed by atoms with Gasteiger partial charge in [0, 0.05) is 10.6 Å². The summed E-state index contributed by atoms with van der Waals surface area (Å²) >= 11 is 5.93. The second kappa shape index (κ2) is 5.17. The van der Waals surface area contributed by atoms with Gasteiger partial charge in [0.25, 0.3) is 0 Å². The molecule has 0 unspecified atom stereocenters. The van der Waals surface area contributed by atoms with Crippen LogP contribution in [-0.4, -0.2) is 11.1 Å². The van der Waals surface area contributed by atoms with Crippen LogP contribution in [0.5, 0.6) is 0 Å². The summed E-state index contributed by atoms with van der Waals surface area (Å²) in [6.07, 6.45) is -4.50. The molecule has 0 fully saturated rings. The predicted octanol–water partition coefficient (Wildman–Crippen LogP) is 4.72. The van der Waals surface area contributed by atoms with E-state index in [0.29, 0.717) is 0 Å². The Kier molecular flexibility index (Phi) is 3.72. The number of hydrogen-bond acceptors (Lipinski definition) is 1. The van der Waals surface area contributed by atoms with Crippen LogP contribution in [0.25, 0.3) is 11.1 Å². The minimum absolute atomic E-state index is 0.0766. The van der Waals surface area contributed by atoms with Crippen molar-refractivity contribution in [1.82, 2.24) is 0 Å². The van der Waals surface area contributed by atoms with Gasteiger partial charge in [-0.15, -0.1) is 0 Å². The molecule has 2 aromatic carbocycles. The van der Waals surface area contributed by atoms with E-state index >= 15 is 0 Å². The van der Waals surface area contributed by atoms with Crippen molar-refractivity contribution in [3.05, 3.63) is 58.6 Å². The number of carbonyl (C=O) groups is 1. The van der Waals surface area contributed by atoms with E-state index in [9.17, 15) is 18.0 Å². The Bertz CT molecular complexity index is 666. The van der Waals surface area contributed by atoms with Crippen molar-refractivity contribution in [1.29, 1.82) is 0 Å². The Morgan fingerprint density at radius 2 is 1.75 bits per heavy atom. The zero-order valence-corrected chi connectivity index (χ0v) is 10.7. The number of carboxylic acids is 1. The Hall–Kier alpha value is -2.01. The molecular weight excluding hydrogens is 293 g/mol. The van der Waals surface area contributed by atoms with E-state index in [1.165, 1.54) is 30.3 Å². The lowest BCUT2D eigenvalue weighted by Crippen LogP contribution is -2.05. The van der Waals surface area contributed by atoms with Gasteiger partial charge in [-0.2, -0.15) is 13.2 Å². The Morgan fingerprint density at radius 3 is 2.35 bits per heavy atom. The standard InChI is InChI=1S/C14H8ClF3O2/c15-11-6-2-5-10(13(19)20)12(11)8-3-1-4-9(7-8)14(16,17)18/h1-7H,(H,19,20). The third kappa shape index (κ3) is 2.77. The summed E-state index contributed by atoms with van der Waals surface area (Å²) in [4.78, 5) is 11.1. The molecule has 2 nitrogen and oxygen atoms in total. The first-order valence-electron chi connectivity index (χ1n) is 5.50. The lowest BCUT2D eigenvalue weighted by molar-refractivity contribution is -0.137. The van der Waals surface area contributed by atoms with Crippen LogP contribution in [0.4, 0.5) is 13.2 Å². The van der Waals surface area contributed by atoms with Crippen LogP contribution in [0.3, 0.4) is 0 Å². The topological polar surface area (TPSA) is 37.3 Å². The minimum Gasteiger partial charge on any atom is -0.478 e. The average molecular weight is 301 g/mol. The van der Waals surface area contributed by atoms with Crippen molar-refractivity contribution in [2.45, 2.75) is 6.18 Å². The molecule has 0 aliphatic rings. The molecule has 0 spiro atoms. The van der Waals surface area contributed by atoms with E-state index in [4.69, 9.17) is 16.7 Å². The molecule has 2 aromatic rings. The van der Waals surface area contributed by atoms with Crippen LogP contribution in [0.1, 0.15) is 15.9 Å². The second-order valence-electron chi connectivity index (χ2n) is 4.05. The highest BCUT2D eigenvalue weighted by Gasteiger charge is 2.30. The second-order valence-corrected chi connectivity index (χ2v) is 4.45. The van der Waals surface area contributed by atoms with Crippen molar-refractivity contribution >= 4 is 17.6 Å². The zero-order chi connectivity index (χ0) is 14.9. The number of carboxylic acid groups (broad SMARTS) is 1. The average Bonchev–Trinajstić information content (AvgIpc) is 2.37. The van der Waals surface area contributed by atoms with E-state index in [0.717, 1.165) is 12.1 Å². The molecule has 0 amide bonds. The van der Waals surface area contributed by atoms with Crippen LogP contribution in [0.2, 0.25) is 5.02 Å². The molecule has 104 valence electrons. The smallest absolute Gasteiger partial charge is 0.416 e. The molecule has 6 heteroatoms. The largest absolute Gasteiger partial charge is 0.478 e. The van der Waals surface area contributed by atoms with Gasteiger partial charge in [0.1, 0.15) is 0 Å². The van der Waals surface area contributed by atoms with Crippen LogP contribution in [-0.2, 0) is 6.18 Å². The van der Waals surface area contributed by atoms with Crippen molar-refractivity contribution in [3.63, 3.8) is 0 Å². The van der Waals surface area contributed by atoms with Gasteiger partial charge >= 0.3 is 12.1 Å². The molecule has 0 aliphatic carbocycles. The molecule has 0 radical (unpaired) electrons. The predicted molar refractivity (Wildman–Crippen MR) is 68.8 cm³/mol. The van der Waals surface area contributed by atoms with Gasteiger partial charge in [-0.3, -0.25) is 0 Å². The van der Waals surface area contributed by atoms with Gasteiger partial charge in [-0.05, 0) is 29.8 Å². The fourth-order valence-corrected chi connectivity index (χ4v) is 2.13. The zero-order valence-electron chi connectivity index (χ0n) is 9.91. The Balaban J connectivity index is 2.66. The van der Waals surface area contributed by atoms with E-state index in [1.54, 1.807) is 0 Å². The summed E-state index contributed by atoms with van der Waals surface area (Å²) in [5, 5.41) is 9.19. The lowest BCUT2D eigenvalue weighted by atomic mass is 9.98. The molecule has 0 saturated carbocycles. The highest BCUT2D eigenvalue weighted by atomic mass is 35.5. The highest BCUT2D eigenvalue weighted by molar-refractivity contribution is 6.34. The number of benzene rings is 2. The van der Waals surface area contributed by atoms with E-state index in [2.05, 4.69) is 0 Å². The van der Waals surface area contributed by atoms with Gasteiger partial charge in [-0.1, -0.05) is 29.8 Å². The van der Waals surface area contributed by atoms with Gasteiger partial charge in [0.2, 0.25) is 0 Å². The van der Waals surface area contributed by atoms with Gasteiger partial charge in [0.05, 0.1) is 11.1 Å². The SMILES string of the molecule is O=C(O)c1cccc(Cl)c1-c1cccc(C(F)(F)F)c1. The normalized spacial score (nSPS) is 11.4. The fourth-order valence-electron chi connectivity index (χ4n) is 1.85. The maximum Gasteiger partial charge on any atom is 0.416 e. The van der Waals surface area contributed by atoms with Crippen LogP contribution >= 0.6 is 11.6 Å². The summed E-state index contributed by atoms with van der Waals surface area (Å²) in [7, 11) is 0. The van der Waals surface area contributed by atoms with E-state index in [1.807, 2.05) is 0 Å². The molecule has 0 bridgehead atoms. The number of hydrogen-bond donors (Lipinski definition) is 1. The first kappa shape index (κ1) is 14.4. The molecule has 0 aliphatic heterocycles. The lowest BCUT2D eigenvalue weighted by Gasteiger charge is -2.12. The fraction of sp³-hybridized carbons (Fsp3) is 0.0714. The first-order valence-corrected chi connectivity index (χ1v) is 5.88. The summed E-state index contributed by atoms with van der Waals surface area (Å²) < 4.78 is 38.1. The molecule has 0 atom stereocenters. The third-order valence-corrected chi connectivity index (χ3v) is 3.04. The number of aromatic carboxylic acids is 1. The summed E-state index contributed by atoms with van der Waals surface area (Å²) in [6, 6.07) is 8.57. The number of rotatable bonds is 2. The summed E-state index contributed by atoms with van der Waals surface area (Å²) in [6.45, 7) is 0. The maximum absolute atomic E-state index is 12.7. The van der Waals surface area contributed by atoms with E-state index < -0.39 is 17.7 Å². The Morgan fingerprint density at radius 1 is 1.10 bits per heavy atom. The van der Waals surface area contributed by atoms with Crippen LogP contribution < -0.4 is 0 Å².